The third kappa shape index (κ3) is 2.23. The molecule has 0 radical (unpaired) electrons. The first kappa shape index (κ1) is 11.9. The Balaban J connectivity index is 2.02. The lowest BCUT2D eigenvalue weighted by Gasteiger charge is -2.39. The van der Waals surface area contributed by atoms with Crippen molar-refractivity contribution in [2.75, 3.05) is 19.7 Å². The molecule has 4 heteroatoms. The molecule has 0 aromatic rings. The van der Waals surface area contributed by atoms with E-state index in [9.17, 15) is 4.79 Å². The van der Waals surface area contributed by atoms with Crippen molar-refractivity contribution in [3.05, 3.63) is 0 Å². The minimum absolute atomic E-state index is 0.0766. The van der Waals surface area contributed by atoms with Gasteiger partial charge in [0.2, 0.25) is 5.91 Å². The Labute approximate surface area is 97.3 Å². The molecule has 2 fully saturated rings. The summed E-state index contributed by atoms with van der Waals surface area (Å²) in [4.78, 5) is 14.4. The molecule has 4 atom stereocenters. The summed E-state index contributed by atoms with van der Waals surface area (Å²) in [6, 6.07) is 0.703. The first-order chi connectivity index (χ1) is 7.59. The first-order valence-corrected chi connectivity index (χ1v) is 6.25. The lowest BCUT2D eigenvalue weighted by molar-refractivity contribution is -0.140. The summed E-state index contributed by atoms with van der Waals surface area (Å²) in [6.45, 7) is 8.69. The molecule has 0 aliphatic carbocycles. The second-order valence-electron chi connectivity index (χ2n) is 5.12. The lowest BCUT2D eigenvalue weighted by atomic mass is 9.99. The van der Waals surface area contributed by atoms with Crippen molar-refractivity contribution < 1.29 is 9.53 Å². The van der Waals surface area contributed by atoms with E-state index in [1.807, 2.05) is 11.8 Å². The highest BCUT2D eigenvalue weighted by Crippen LogP contribution is 2.24. The summed E-state index contributed by atoms with van der Waals surface area (Å²) in [6.07, 6.45) is 0.968. The minimum atomic E-state index is 0.0766. The average molecular weight is 226 g/mol. The Hall–Kier alpha value is -0.610. The van der Waals surface area contributed by atoms with Gasteiger partial charge in [-0.1, -0.05) is 0 Å². The molecule has 1 amide bonds. The van der Waals surface area contributed by atoms with E-state index >= 15 is 0 Å². The highest BCUT2D eigenvalue weighted by Gasteiger charge is 2.37. The Morgan fingerprint density at radius 1 is 1.38 bits per heavy atom. The summed E-state index contributed by atoms with van der Waals surface area (Å²) < 4.78 is 5.48. The molecule has 2 aliphatic heterocycles. The molecule has 2 heterocycles. The fourth-order valence-corrected chi connectivity index (χ4v) is 2.60. The molecule has 0 saturated carbocycles. The van der Waals surface area contributed by atoms with E-state index in [2.05, 4.69) is 19.2 Å². The van der Waals surface area contributed by atoms with Crippen molar-refractivity contribution in [2.45, 2.75) is 45.4 Å². The summed E-state index contributed by atoms with van der Waals surface area (Å²) in [5.41, 5.74) is 0. The van der Waals surface area contributed by atoms with E-state index in [1.54, 1.807) is 0 Å². The molecule has 0 bridgehead atoms. The summed E-state index contributed by atoms with van der Waals surface area (Å²) >= 11 is 0. The van der Waals surface area contributed by atoms with Gasteiger partial charge in [0.05, 0.1) is 12.0 Å². The van der Waals surface area contributed by atoms with Crippen molar-refractivity contribution in [1.29, 1.82) is 0 Å². The Kier molecular flexibility index (Phi) is 3.50. The van der Waals surface area contributed by atoms with Gasteiger partial charge in [-0.05, 0) is 27.2 Å². The van der Waals surface area contributed by atoms with Crippen LogP contribution in [0.3, 0.4) is 0 Å². The topological polar surface area (TPSA) is 41.6 Å². The predicted molar refractivity (Wildman–Crippen MR) is 62.2 cm³/mol. The zero-order valence-corrected chi connectivity index (χ0v) is 10.4. The van der Waals surface area contributed by atoms with Crippen LogP contribution in [0.4, 0.5) is 0 Å². The van der Waals surface area contributed by atoms with Crippen LogP contribution in [-0.2, 0) is 9.53 Å². The molecular formula is C12H22N2O2. The maximum absolute atomic E-state index is 12.4. The Bertz CT molecular complexity index is 270. The zero-order valence-electron chi connectivity index (χ0n) is 10.4. The van der Waals surface area contributed by atoms with E-state index in [0.29, 0.717) is 12.1 Å². The summed E-state index contributed by atoms with van der Waals surface area (Å²) in [5.74, 6) is 0.360. The number of rotatable bonds is 1. The number of nitrogens with zero attached hydrogens (tertiary/aromatic N) is 1. The smallest absolute Gasteiger partial charge is 0.228 e. The number of ether oxygens (including phenoxy) is 1. The third-order valence-electron chi connectivity index (χ3n) is 3.74. The monoisotopic (exact) mass is 226 g/mol. The first-order valence-electron chi connectivity index (χ1n) is 6.25. The van der Waals surface area contributed by atoms with Gasteiger partial charge in [0.1, 0.15) is 0 Å². The fourth-order valence-electron chi connectivity index (χ4n) is 2.60. The van der Waals surface area contributed by atoms with E-state index < -0.39 is 0 Å². The summed E-state index contributed by atoms with van der Waals surface area (Å²) in [7, 11) is 0. The van der Waals surface area contributed by atoms with Crippen LogP contribution in [0, 0.1) is 5.92 Å². The number of carbonyl (C=O) groups excluding carboxylic acids is 1. The molecule has 0 aromatic heterocycles. The van der Waals surface area contributed by atoms with Crippen LogP contribution in [0.2, 0.25) is 0 Å². The number of carbonyl (C=O) groups is 1. The van der Waals surface area contributed by atoms with Crippen LogP contribution >= 0.6 is 0 Å². The molecular weight excluding hydrogens is 204 g/mol. The molecule has 16 heavy (non-hydrogen) atoms. The van der Waals surface area contributed by atoms with Gasteiger partial charge in [-0.3, -0.25) is 4.79 Å². The largest absolute Gasteiger partial charge is 0.378 e. The van der Waals surface area contributed by atoms with E-state index in [-0.39, 0.29) is 17.9 Å². The second kappa shape index (κ2) is 4.72. The van der Waals surface area contributed by atoms with Crippen LogP contribution in [0.1, 0.15) is 27.2 Å². The van der Waals surface area contributed by atoms with Crippen molar-refractivity contribution in [3.63, 3.8) is 0 Å². The molecule has 2 saturated heterocycles. The van der Waals surface area contributed by atoms with Crippen molar-refractivity contribution in [2.24, 2.45) is 5.92 Å². The number of hydrogen-bond donors (Lipinski definition) is 1. The molecule has 2 rings (SSSR count). The summed E-state index contributed by atoms with van der Waals surface area (Å²) in [5, 5.41) is 3.39. The lowest BCUT2D eigenvalue weighted by Crippen LogP contribution is -2.57. The number of nitrogens with one attached hydrogen (secondary N) is 1. The van der Waals surface area contributed by atoms with Crippen molar-refractivity contribution >= 4 is 5.91 Å². The molecule has 1 N–H and O–H groups in total. The van der Waals surface area contributed by atoms with Crippen LogP contribution in [0.5, 0.6) is 0 Å². The molecule has 4 unspecified atom stereocenters. The average Bonchev–Trinajstić information content (AvgIpc) is 2.67. The molecule has 92 valence electrons. The number of amides is 1. The third-order valence-corrected chi connectivity index (χ3v) is 3.74. The van der Waals surface area contributed by atoms with Gasteiger partial charge in [-0.2, -0.15) is 0 Å². The fraction of sp³-hybridized carbons (Fsp3) is 0.917. The number of hydrogen-bond acceptors (Lipinski definition) is 3. The minimum Gasteiger partial charge on any atom is -0.378 e. The highest BCUT2D eigenvalue weighted by atomic mass is 16.5. The zero-order chi connectivity index (χ0) is 11.7. The normalized spacial score (nSPS) is 40.1. The second-order valence-corrected chi connectivity index (χ2v) is 5.12. The number of piperazine rings is 1. The van der Waals surface area contributed by atoms with Gasteiger partial charge < -0.3 is 15.0 Å². The van der Waals surface area contributed by atoms with E-state index in [4.69, 9.17) is 4.74 Å². The molecule has 0 aromatic carbocycles. The van der Waals surface area contributed by atoms with E-state index in [0.717, 1.165) is 26.1 Å². The van der Waals surface area contributed by atoms with Crippen LogP contribution in [0.25, 0.3) is 0 Å². The Morgan fingerprint density at radius 3 is 2.75 bits per heavy atom. The van der Waals surface area contributed by atoms with Gasteiger partial charge >= 0.3 is 0 Å². The SMILES string of the molecule is CC1CN(C(=O)C2CCOC2C)C(C)CN1. The van der Waals surface area contributed by atoms with Crippen LogP contribution in [-0.4, -0.2) is 48.7 Å². The van der Waals surface area contributed by atoms with Crippen LogP contribution < -0.4 is 5.32 Å². The maximum Gasteiger partial charge on any atom is 0.228 e. The van der Waals surface area contributed by atoms with Crippen molar-refractivity contribution in [1.82, 2.24) is 10.2 Å². The molecule has 4 nitrogen and oxygen atoms in total. The molecule has 2 aliphatic rings. The predicted octanol–water partition coefficient (Wildman–Crippen LogP) is 0.620. The van der Waals surface area contributed by atoms with Gasteiger partial charge in [0, 0.05) is 31.8 Å². The van der Waals surface area contributed by atoms with Crippen molar-refractivity contribution in [3.8, 4) is 0 Å². The molecule has 0 spiro atoms. The van der Waals surface area contributed by atoms with E-state index in [1.165, 1.54) is 0 Å². The maximum atomic E-state index is 12.4. The quantitative estimate of drug-likeness (QED) is 0.712. The highest BCUT2D eigenvalue weighted by molar-refractivity contribution is 5.80. The standard InChI is InChI=1S/C12H22N2O2/c1-8-7-14(9(2)6-13-8)12(15)11-4-5-16-10(11)3/h8-11,13H,4-7H2,1-3H3. The van der Waals surface area contributed by atoms with Gasteiger partial charge in [-0.25, -0.2) is 0 Å². The van der Waals surface area contributed by atoms with Crippen LogP contribution in [0.15, 0.2) is 0 Å². The Morgan fingerprint density at radius 2 is 2.12 bits per heavy atom. The van der Waals surface area contributed by atoms with Gasteiger partial charge in [0.25, 0.3) is 0 Å². The van der Waals surface area contributed by atoms with Gasteiger partial charge in [-0.15, -0.1) is 0 Å². The van der Waals surface area contributed by atoms with Gasteiger partial charge in [0.15, 0.2) is 0 Å².